The maximum absolute atomic E-state index is 13.9. The Kier molecular flexibility index (Phi) is 7.11. The molecule has 5 rings (SSSR count). The van der Waals surface area contributed by atoms with Crippen LogP contribution < -0.4 is 24.5 Å². The van der Waals surface area contributed by atoms with E-state index in [9.17, 15) is 9.59 Å². The molecule has 0 saturated carbocycles. The average molecular weight is 532 g/mol. The van der Waals surface area contributed by atoms with E-state index in [4.69, 9.17) is 30.2 Å². The van der Waals surface area contributed by atoms with Gasteiger partial charge in [0.25, 0.3) is 5.91 Å². The van der Waals surface area contributed by atoms with Gasteiger partial charge in [-0.2, -0.15) is 0 Å². The van der Waals surface area contributed by atoms with Crippen molar-refractivity contribution in [2.75, 3.05) is 24.7 Å². The van der Waals surface area contributed by atoms with E-state index in [2.05, 4.69) is 6.58 Å². The van der Waals surface area contributed by atoms with Crippen LogP contribution in [0.15, 0.2) is 82.5 Å². The molecule has 4 aromatic rings. The molecule has 1 aliphatic rings. The standard InChI is InChI=1S/C30H26ClNO6/c1-4-15-37-24-13-7-18(16-25(24)36-6-3)27-26-28(33)22-17-19(31)8-14-23(22)38-29(26)30(34)32(27)20-9-11-21(12-10-20)35-5-2/h4,7-14,16-17,27H,1,5-6,15H2,2-3H3. The fraction of sp³-hybridized carbons (Fsp3) is 0.200. The van der Waals surface area contributed by atoms with Crippen molar-refractivity contribution in [2.24, 2.45) is 0 Å². The molecule has 1 atom stereocenters. The maximum Gasteiger partial charge on any atom is 0.295 e. The Morgan fingerprint density at radius 1 is 0.947 bits per heavy atom. The SMILES string of the molecule is C=CCOc1ccc(C2c3c(oc4ccc(Cl)cc4c3=O)C(=O)N2c2ccc(OCC)cc2)cc1OCC. The lowest BCUT2D eigenvalue weighted by Crippen LogP contribution is -2.29. The molecule has 0 fully saturated rings. The van der Waals surface area contributed by atoms with Gasteiger partial charge in [-0.05, 0) is 74.0 Å². The second-order valence-corrected chi connectivity index (χ2v) is 8.99. The number of ether oxygens (including phenoxy) is 3. The van der Waals surface area contributed by atoms with Crippen LogP contribution in [0.2, 0.25) is 5.02 Å². The van der Waals surface area contributed by atoms with Crippen molar-refractivity contribution in [3.63, 3.8) is 0 Å². The number of hydrogen-bond acceptors (Lipinski definition) is 6. The predicted molar refractivity (Wildman–Crippen MR) is 147 cm³/mol. The van der Waals surface area contributed by atoms with E-state index < -0.39 is 11.9 Å². The fourth-order valence-electron chi connectivity index (χ4n) is 4.63. The van der Waals surface area contributed by atoms with Gasteiger partial charge in [-0.1, -0.05) is 30.3 Å². The second-order valence-electron chi connectivity index (χ2n) is 8.56. The molecule has 2 heterocycles. The molecule has 1 amide bonds. The molecular formula is C30H26ClNO6. The molecule has 1 unspecified atom stereocenters. The first kappa shape index (κ1) is 25.4. The van der Waals surface area contributed by atoms with Crippen molar-refractivity contribution >= 4 is 34.2 Å². The number of nitrogens with zero attached hydrogens (tertiary/aromatic N) is 1. The van der Waals surface area contributed by atoms with Crippen LogP contribution in [-0.2, 0) is 0 Å². The molecule has 1 aromatic heterocycles. The first-order valence-corrected chi connectivity index (χ1v) is 12.7. The number of carbonyl (C=O) groups excluding carboxylic acids is 1. The normalized spacial score (nSPS) is 14.4. The summed E-state index contributed by atoms with van der Waals surface area (Å²) in [6, 6.07) is 16.5. The van der Waals surface area contributed by atoms with E-state index in [1.807, 2.05) is 19.9 Å². The average Bonchev–Trinajstić information content (AvgIpc) is 3.21. The van der Waals surface area contributed by atoms with Crippen LogP contribution in [-0.4, -0.2) is 25.7 Å². The Labute approximate surface area is 224 Å². The van der Waals surface area contributed by atoms with Crippen molar-refractivity contribution in [3.05, 3.63) is 105 Å². The quantitative estimate of drug-likeness (QED) is 0.228. The van der Waals surface area contributed by atoms with E-state index in [0.717, 1.165) is 0 Å². The molecule has 38 heavy (non-hydrogen) atoms. The number of benzene rings is 3. The smallest absolute Gasteiger partial charge is 0.295 e. The van der Waals surface area contributed by atoms with Crippen LogP contribution in [0.3, 0.4) is 0 Å². The highest BCUT2D eigenvalue weighted by Crippen LogP contribution is 2.43. The molecule has 194 valence electrons. The van der Waals surface area contributed by atoms with Gasteiger partial charge in [0, 0.05) is 10.7 Å². The van der Waals surface area contributed by atoms with E-state index in [0.29, 0.717) is 64.3 Å². The van der Waals surface area contributed by atoms with Crippen LogP contribution in [0.4, 0.5) is 5.69 Å². The summed E-state index contributed by atoms with van der Waals surface area (Å²) in [5.74, 6) is 1.27. The monoisotopic (exact) mass is 531 g/mol. The number of halogens is 1. The predicted octanol–water partition coefficient (Wildman–Crippen LogP) is 6.56. The van der Waals surface area contributed by atoms with Gasteiger partial charge < -0.3 is 18.6 Å². The van der Waals surface area contributed by atoms with Gasteiger partial charge in [-0.15, -0.1) is 0 Å². The molecule has 8 heteroatoms. The number of amides is 1. The molecule has 7 nitrogen and oxygen atoms in total. The Morgan fingerprint density at radius 3 is 2.42 bits per heavy atom. The second kappa shape index (κ2) is 10.6. The summed E-state index contributed by atoms with van der Waals surface area (Å²) in [5.41, 5.74) is 1.46. The number of fused-ring (bicyclic) bond motifs is 2. The third-order valence-corrected chi connectivity index (χ3v) is 6.43. The lowest BCUT2D eigenvalue weighted by Gasteiger charge is -2.26. The third kappa shape index (κ3) is 4.50. The van der Waals surface area contributed by atoms with Gasteiger partial charge >= 0.3 is 0 Å². The fourth-order valence-corrected chi connectivity index (χ4v) is 4.80. The molecule has 1 aliphatic heterocycles. The molecule has 0 spiro atoms. The van der Waals surface area contributed by atoms with Crippen LogP contribution >= 0.6 is 11.6 Å². The Balaban J connectivity index is 1.72. The maximum atomic E-state index is 13.9. The van der Waals surface area contributed by atoms with Crippen LogP contribution in [0, 0.1) is 0 Å². The molecular weight excluding hydrogens is 506 g/mol. The lowest BCUT2D eigenvalue weighted by atomic mass is 9.97. The zero-order chi connectivity index (χ0) is 26.8. The number of rotatable bonds is 9. The lowest BCUT2D eigenvalue weighted by molar-refractivity contribution is 0.0971. The van der Waals surface area contributed by atoms with Crippen LogP contribution in [0.5, 0.6) is 17.2 Å². The minimum atomic E-state index is -0.775. The van der Waals surface area contributed by atoms with E-state index in [1.165, 1.54) is 0 Å². The minimum Gasteiger partial charge on any atom is -0.494 e. The largest absolute Gasteiger partial charge is 0.494 e. The van der Waals surface area contributed by atoms with Crippen LogP contribution in [0.25, 0.3) is 11.0 Å². The number of anilines is 1. The highest BCUT2D eigenvalue weighted by Gasteiger charge is 2.44. The topological polar surface area (TPSA) is 78.2 Å². The van der Waals surface area contributed by atoms with Gasteiger partial charge in [0.15, 0.2) is 16.9 Å². The van der Waals surface area contributed by atoms with Gasteiger partial charge in [0.1, 0.15) is 17.9 Å². The molecule has 0 aliphatic carbocycles. The van der Waals surface area contributed by atoms with Crippen molar-refractivity contribution in [1.29, 1.82) is 0 Å². The van der Waals surface area contributed by atoms with Crippen LogP contribution in [0.1, 0.15) is 41.6 Å². The molecule has 0 N–H and O–H groups in total. The highest BCUT2D eigenvalue weighted by molar-refractivity contribution is 6.31. The Bertz CT molecular complexity index is 1580. The van der Waals surface area contributed by atoms with Gasteiger partial charge in [-0.3, -0.25) is 14.5 Å². The third-order valence-electron chi connectivity index (χ3n) is 6.20. The number of hydrogen-bond donors (Lipinski definition) is 0. The van der Waals surface area contributed by atoms with Gasteiger partial charge in [-0.25, -0.2) is 0 Å². The zero-order valence-electron chi connectivity index (χ0n) is 21.0. The first-order valence-electron chi connectivity index (χ1n) is 12.3. The number of carbonyl (C=O) groups is 1. The van der Waals surface area contributed by atoms with Crippen molar-refractivity contribution < 1.29 is 23.4 Å². The van der Waals surface area contributed by atoms with E-state index in [-0.39, 0.29) is 16.8 Å². The molecule has 0 saturated heterocycles. The molecule has 3 aromatic carbocycles. The summed E-state index contributed by atoms with van der Waals surface area (Å²) in [7, 11) is 0. The van der Waals surface area contributed by atoms with Gasteiger partial charge in [0.05, 0.1) is 30.2 Å². The summed E-state index contributed by atoms with van der Waals surface area (Å²) in [6.07, 6.45) is 1.64. The van der Waals surface area contributed by atoms with Gasteiger partial charge in [0.2, 0.25) is 5.76 Å². The molecule has 0 radical (unpaired) electrons. The Morgan fingerprint density at radius 2 is 1.71 bits per heavy atom. The van der Waals surface area contributed by atoms with Crippen molar-refractivity contribution in [3.8, 4) is 17.2 Å². The zero-order valence-corrected chi connectivity index (χ0v) is 21.8. The van der Waals surface area contributed by atoms with Crippen molar-refractivity contribution in [2.45, 2.75) is 19.9 Å². The summed E-state index contributed by atoms with van der Waals surface area (Å²) in [6.45, 7) is 8.69. The summed E-state index contributed by atoms with van der Waals surface area (Å²) in [4.78, 5) is 29.3. The van der Waals surface area contributed by atoms with Crippen molar-refractivity contribution in [1.82, 2.24) is 0 Å². The van der Waals surface area contributed by atoms with E-state index in [1.54, 1.807) is 65.6 Å². The Hall–Kier alpha value is -4.23. The highest BCUT2D eigenvalue weighted by atomic mass is 35.5. The summed E-state index contributed by atoms with van der Waals surface area (Å²) >= 11 is 6.20. The van der Waals surface area contributed by atoms with E-state index >= 15 is 0 Å². The minimum absolute atomic E-state index is 0.00588. The molecule has 0 bridgehead atoms. The first-order chi connectivity index (χ1) is 18.5. The summed E-state index contributed by atoms with van der Waals surface area (Å²) < 4.78 is 23.2. The summed E-state index contributed by atoms with van der Waals surface area (Å²) in [5, 5.41) is 0.704.